The SMILES string of the molecule is CC(=O)Cc1noc(C2CCN(C(C)C)CC2)n1. The Morgan fingerprint density at radius 3 is 2.67 bits per heavy atom. The van der Waals surface area contributed by atoms with Gasteiger partial charge in [-0.2, -0.15) is 4.98 Å². The van der Waals surface area contributed by atoms with Crippen LogP contribution >= 0.6 is 0 Å². The van der Waals surface area contributed by atoms with E-state index in [0.29, 0.717) is 23.7 Å². The maximum absolute atomic E-state index is 11.0. The lowest BCUT2D eigenvalue weighted by Crippen LogP contribution is -2.37. The third-order valence-corrected chi connectivity index (χ3v) is 3.50. The molecule has 1 aliphatic rings. The first-order valence-electron chi connectivity index (χ1n) is 6.62. The molecule has 2 rings (SSSR count). The first-order chi connectivity index (χ1) is 8.56. The molecule has 0 amide bonds. The number of nitrogens with zero attached hydrogens (tertiary/aromatic N) is 3. The predicted octanol–water partition coefficient (Wildman–Crippen LogP) is 1.79. The van der Waals surface area contributed by atoms with Crippen LogP contribution < -0.4 is 0 Å². The third-order valence-electron chi connectivity index (χ3n) is 3.50. The van der Waals surface area contributed by atoms with Gasteiger partial charge in [0.2, 0.25) is 5.89 Å². The van der Waals surface area contributed by atoms with E-state index in [-0.39, 0.29) is 12.2 Å². The molecule has 18 heavy (non-hydrogen) atoms. The van der Waals surface area contributed by atoms with Crippen LogP contribution in [0.1, 0.15) is 51.2 Å². The van der Waals surface area contributed by atoms with E-state index < -0.39 is 0 Å². The molecule has 1 aromatic heterocycles. The Morgan fingerprint density at radius 2 is 2.11 bits per heavy atom. The molecule has 0 aliphatic carbocycles. The second-order valence-electron chi connectivity index (χ2n) is 5.33. The van der Waals surface area contributed by atoms with E-state index in [9.17, 15) is 4.79 Å². The van der Waals surface area contributed by atoms with Gasteiger partial charge in [-0.3, -0.25) is 4.79 Å². The molecule has 0 aromatic carbocycles. The molecule has 5 heteroatoms. The Hall–Kier alpha value is -1.23. The van der Waals surface area contributed by atoms with E-state index in [1.54, 1.807) is 0 Å². The zero-order valence-corrected chi connectivity index (χ0v) is 11.3. The minimum absolute atomic E-state index is 0.0666. The maximum atomic E-state index is 11.0. The molecule has 0 N–H and O–H groups in total. The number of rotatable bonds is 4. The molecule has 0 unspecified atom stereocenters. The first kappa shape index (κ1) is 13.2. The molecule has 0 radical (unpaired) electrons. The van der Waals surface area contributed by atoms with Crippen molar-refractivity contribution in [3.8, 4) is 0 Å². The van der Waals surface area contributed by atoms with E-state index in [1.807, 2.05) is 0 Å². The molecule has 1 fully saturated rings. The lowest BCUT2D eigenvalue weighted by Gasteiger charge is -2.33. The quantitative estimate of drug-likeness (QED) is 0.816. The van der Waals surface area contributed by atoms with Gasteiger partial charge in [0, 0.05) is 12.0 Å². The summed E-state index contributed by atoms with van der Waals surface area (Å²) in [6, 6.07) is 0.599. The van der Waals surface area contributed by atoms with Crippen molar-refractivity contribution in [2.45, 2.75) is 52.0 Å². The summed E-state index contributed by atoms with van der Waals surface area (Å²) in [4.78, 5) is 17.8. The van der Waals surface area contributed by atoms with Crippen LogP contribution in [-0.4, -0.2) is 40.0 Å². The number of carbonyl (C=O) groups is 1. The fraction of sp³-hybridized carbons (Fsp3) is 0.769. The molecule has 2 heterocycles. The molecule has 100 valence electrons. The smallest absolute Gasteiger partial charge is 0.229 e. The Balaban J connectivity index is 1.93. The molecular formula is C13H21N3O2. The van der Waals surface area contributed by atoms with Crippen molar-refractivity contribution in [2.24, 2.45) is 0 Å². The van der Waals surface area contributed by atoms with Crippen LogP contribution in [0.2, 0.25) is 0 Å². The monoisotopic (exact) mass is 251 g/mol. The minimum atomic E-state index is 0.0666. The topological polar surface area (TPSA) is 59.2 Å². The van der Waals surface area contributed by atoms with Gasteiger partial charge in [0.05, 0.1) is 6.42 Å². The summed E-state index contributed by atoms with van der Waals surface area (Å²) >= 11 is 0. The summed E-state index contributed by atoms with van der Waals surface area (Å²) in [5.74, 6) is 1.64. The highest BCUT2D eigenvalue weighted by molar-refractivity contribution is 5.77. The van der Waals surface area contributed by atoms with Gasteiger partial charge in [0.25, 0.3) is 0 Å². The van der Waals surface area contributed by atoms with Crippen molar-refractivity contribution in [3.05, 3.63) is 11.7 Å². The van der Waals surface area contributed by atoms with Crippen LogP contribution in [0.4, 0.5) is 0 Å². The lowest BCUT2D eigenvalue weighted by molar-refractivity contribution is -0.116. The first-order valence-corrected chi connectivity index (χ1v) is 6.62. The highest BCUT2D eigenvalue weighted by Crippen LogP contribution is 2.27. The second-order valence-corrected chi connectivity index (χ2v) is 5.33. The molecule has 0 saturated carbocycles. The average molecular weight is 251 g/mol. The van der Waals surface area contributed by atoms with Crippen molar-refractivity contribution in [3.63, 3.8) is 0 Å². The summed E-state index contributed by atoms with van der Waals surface area (Å²) in [5, 5.41) is 3.87. The third kappa shape index (κ3) is 3.16. The van der Waals surface area contributed by atoms with Crippen LogP contribution in [-0.2, 0) is 11.2 Å². The Morgan fingerprint density at radius 1 is 1.44 bits per heavy atom. The zero-order valence-electron chi connectivity index (χ0n) is 11.3. The van der Waals surface area contributed by atoms with Crippen LogP contribution in [0.5, 0.6) is 0 Å². The van der Waals surface area contributed by atoms with Gasteiger partial charge in [0.15, 0.2) is 5.82 Å². The average Bonchev–Trinajstić information content (AvgIpc) is 2.76. The number of piperidine rings is 1. The fourth-order valence-electron chi connectivity index (χ4n) is 2.39. The number of aromatic nitrogens is 2. The van der Waals surface area contributed by atoms with Gasteiger partial charge in [-0.1, -0.05) is 5.16 Å². The highest BCUT2D eigenvalue weighted by atomic mass is 16.5. The van der Waals surface area contributed by atoms with E-state index >= 15 is 0 Å². The molecule has 1 saturated heterocycles. The van der Waals surface area contributed by atoms with E-state index in [1.165, 1.54) is 6.92 Å². The summed E-state index contributed by atoms with van der Waals surface area (Å²) in [7, 11) is 0. The summed E-state index contributed by atoms with van der Waals surface area (Å²) in [6.07, 6.45) is 2.38. The standard InChI is InChI=1S/C13H21N3O2/c1-9(2)16-6-4-11(5-7-16)13-14-12(15-18-13)8-10(3)17/h9,11H,4-8H2,1-3H3. The van der Waals surface area contributed by atoms with E-state index in [2.05, 4.69) is 28.9 Å². The minimum Gasteiger partial charge on any atom is -0.339 e. The summed E-state index contributed by atoms with van der Waals surface area (Å²) in [6.45, 7) is 8.13. The van der Waals surface area contributed by atoms with Gasteiger partial charge in [0.1, 0.15) is 5.78 Å². The van der Waals surface area contributed by atoms with Crippen LogP contribution in [0.25, 0.3) is 0 Å². The van der Waals surface area contributed by atoms with Crippen LogP contribution in [0, 0.1) is 0 Å². The Kier molecular flexibility index (Phi) is 4.11. The Labute approximate surface area is 108 Å². The molecule has 1 aromatic rings. The molecule has 1 aliphatic heterocycles. The van der Waals surface area contributed by atoms with Crippen molar-refractivity contribution < 1.29 is 9.32 Å². The largest absolute Gasteiger partial charge is 0.339 e. The van der Waals surface area contributed by atoms with Gasteiger partial charge in [-0.15, -0.1) is 0 Å². The molecular weight excluding hydrogens is 230 g/mol. The number of Topliss-reactive ketones (excluding diaryl/α,β-unsaturated/α-hetero) is 1. The van der Waals surface area contributed by atoms with Crippen molar-refractivity contribution in [1.82, 2.24) is 15.0 Å². The van der Waals surface area contributed by atoms with Gasteiger partial charge >= 0.3 is 0 Å². The number of carbonyl (C=O) groups excluding carboxylic acids is 1. The number of hydrogen-bond donors (Lipinski definition) is 0. The predicted molar refractivity (Wildman–Crippen MR) is 67.4 cm³/mol. The molecule has 0 bridgehead atoms. The Bertz CT molecular complexity index is 406. The van der Waals surface area contributed by atoms with Crippen molar-refractivity contribution >= 4 is 5.78 Å². The number of likely N-dealkylation sites (tertiary alicyclic amines) is 1. The van der Waals surface area contributed by atoms with Gasteiger partial charge < -0.3 is 9.42 Å². The van der Waals surface area contributed by atoms with Gasteiger partial charge in [-0.25, -0.2) is 0 Å². The number of hydrogen-bond acceptors (Lipinski definition) is 5. The number of ketones is 1. The van der Waals surface area contributed by atoms with E-state index in [0.717, 1.165) is 25.9 Å². The van der Waals surface area contributed by atoms with Gasteiger partial charge in [-0.05, 0) is 46.7 Å². The summed E-state index contributed by atoms with van der Waals surface area (Å²) in [5.41, 5.74) is 0. The zero-order chi connectivity index (χ0) is 13.1. The lowest BCUT2D eigenvalue weighted by atomic mass is 9.96. The van der Waals surface area contributed by atoms with Crippen LogP contribution in [0.3, 0.4) is 0 Å². The maximum Gasteiger partial charge on any atom is 0.229 e. The second kappa shape index (κ2) is 5.61. The summed E-state index contributed by atoms with van der Waals surface area (Å²) < 4.78 is 5.27. The van der Waals surface area contributed by atoms with Crippen molar-refractivity contribution in [2.75, 3.05) is 13.1 Å². The highest BCUT2D eigenvalue weighted by Gasteiger charge is 2.26. The molecule has 5 nitrogen and oxygen atoms in total. The van der Waals surface area contributed by atoms with Crippen LogP contribution in [0.15, 0.2) is 4.52 Å². The van der Waals surface area contributed by atoms with Crippen molar-refractivity contribution in [1.29, 1.82) is 0 Å². The fourth-order valence-corrected chi connectivity index (χ4v) is 2.39. The van der Waals surface area contributed by atoms with E-state index in [4.69, 9.17) is 4.52 Å². The molecule has 0 spiro atoms. The molecule has 0 atom stereocenters. The normalized spacial score (nSPS) is 18.4.